The molecule has 2 aliphatic rings. The number of carbonyl (C=O) groups excluding carboxylic acids is 2. The molecule has 48 heavy (non-hydrogen) atoms. The SMILES string of the molecule is CCOC(=O)N1CCC(Nc2cc(-c3ccc(OC)cc3)nc(-c3ccc(N4CCN(C(=O)OCc5ccccc5)CC4)cc3)c2)CC1. The van der Waals surface area contributed by atoms with E-state index < -0.39 is 0 Å². The van der Waals surface area contributed by atoms with Gasteiger partial charge in [0.1, 0.15) is 12.4 Å². The molecule has 0 aliphatic carbocycles. The number of piperidine rings is 1. The number of ether oxygens (including phenoxy) is 3. The molecule has 10 nitrogen and oxygen atoms in total. The summed E-state index contributed by atoms with van der Waals surface area (Å²) in [6, 6.07) is 30.5. The highest BCUT2D eigenvalue weighted by molar-refractivity contribution is 5.74. The molecule has 0 radical (unpaired) electrons. The molecule has 4 aromatic rings. The Balaban J connectivity index is 1.12. The molecule has 10 heteroatoms. The minimum atomic E-state index is -0.273. The zero-order valence-corrected chi connectivity index (χ0v) is 27.6. The van der Waals surface area contributed by atoms with Crippen molar-refractivity contribution in [3.8, 4) is 28.3 Å². The van der Waals surface area contributed by atoms with Crippen LogP contribution in [0.5, 0.6) is 5.75 Å². The molecule has 6 rings (SSSR count). The van der Waals surface area contributed by atoms with Crippen molar-refractivity contribution in [1.82, 2.24) is 14.8 Å². The molecule has 1 N–H and O–H groups in total. The van der Waals surface area contributed by atoms with Crippen molar-refractivity contribution in [3.05, 3.63) is 96.6 Å². The highest BCUT2D eigenvalue weighted by Crippen LogP contribution is 2.31. The van der Waals surface area contributed by atoms with Gasteiger partial charge in [-0.05, 0) is 73.9 Å². The van der Waals surface area contributed by atoms with Crippen LogP contribution in [0.4, 0.5) is 21.0 Å². The Hall–Kier alpha value is -5.25. The summed E-state index contributed by atoms with van der Waals surface area (Å²) in [6.45, 7) is 6.48. The van der Waals surface area contributed by atoms with Crippen molar-refractivity contribution in [2.75, 3.05) is 63.2 Å². The molecule has 2 amide bonds. The number of anilines is 2. The maximum Gasteiger partial charge on any atom is 0.410 e. The Morgan fingerprint density at radius 2 is 1.33 bits per heavy atom. The first-order chi connectivity index (χ1) is 23.5. The van der Waals surface area contributed by atoms with Crippen molar-refractivity contribution in [2.24, 2.45) is 0 Å². The van der Waals surface area contributed by atoms with E-state index in [1.165, 1.54) is 0 Å². The van der Waals surface area contributed by atoms with E-state index in [1.807, 2.05) is 61.5 Å². The lowest BCUT2D eigenvalue weighted by atomic mass is 10.0. The molecule has 0 saturated carbocycles. The van der Waals surface area contributed by atoms with Gasteiger partial charge >= 0.3 is 12.2 Å². The van der Waals surface area contributed by atoms with Gasteiger partial charge in [-0.1, -0.05) is 42.5 Å². The second-order valence-corrected chi connectivity index (χ2v) is 12.0. The Bertz CT molecular complexity index is 1650. The van der Waals surface area contributed by atoms with Gasteiger partial charge in [0, 0.05) is 67.8 Å². The maximum absolute atomic E-state index is 12.6. The Kier molecular flexibility index (Phi) is 10.6. The summed E-state index contributed by atoms with van der Waals surface area (Å²) in [5.41, 5.74) is 6.81. The molecule has 250 valence electrons. The monoisotopic (exact) mass is 649 g/mol. The van der Waals surface area contributed by atoms with Crippen LogP contribution in [-0.2, 0) is 16.1 Å². The summed E-state index contributed by atoms with van der Waals surface area (Å²) >= 11 is 0. The van der Waals surface area contributed by atoms with E-state index in [9.17, 15) is 9.59 Å². The number of nitrogens with zero attached hydrogens (tertiary/aromatic N) is 4. The lowest BCUT2D eigenvalue weighted by molar-refractivity contribution is 0.0940. The van der Waals surface area contributed by atoms with Crippen molar-refractivity contribution in [1.29, 1.82) is 0 Å². The lowest BCUT2D eigenvalue weighted by Gasteiger charge is -2.35. The number of likely N-dealkylation sites (tertiary alicyclic amines) is 1. The Labute approximate surface area is 282 Å². The van der Waals surface area contributed by atoms with Crippen LogP contribution in [0.3, 0.4) is 0 Å². The molecule has 0 spiro atoms. The number of rotatable bonds is 9. The summed E-state index contributed by atoms with van der Waals surface area (Å²) in [7, 11) is 1.66. The van der Waals surface area contributed by atoms with Crippen LogP contribution in [0.15, 0.2) is 91.0 Å². The van der Waals surface area contributed by atoms with E-state index in [-0.39, 0.29) is 24.8 Å². The molecule has 0 unspecified atom stereocenters. The number of amides is 2. The Morgan fingerprint density at radius 3 is 1.94 bits per heavy atom. The van der Waals surface area contributed by atoms with Gasteiger partial charge in [0.2, 0.25) is 0 Å². The van der Waals surface area contributed by atoms with E-state index in [4.69, 9.17) is 19.2 Å². The highest BCUT2D eigenvalue weighted by Gasteiger charge is 2.25. The van der Waals surface area contributed by atoms with Crippen LogP contribution >= 0.6 is 0 Å². The Morgan fingerprint density at radius 1 is 0.750 bits per heavy atom. The molecule has 3 aromatic carbocycles. The second kappa shape index (κ2) is 15.6. The van der Waals surface area contributed by atoms with Crippen LogP contribution in [0.2, 0.25) is 0 Å². The van der Waals surface area contributed by atoms with Gasteiger partial charge in [0.15, 0.2) is 0 Å². The zero-order valence-electron chi connectivity index (χ0n) is 27.6. The lowest BCUT2D eigenvalue weighted by Crippen LogP contribution is -2.48. The number of piperazine rings is 1. The van der Waals surface area contributed by atoms with E-state index >= 15 is 0 Å². The normalized spacial score (nSPS) is 15.2. The zero-order chi connectivity index (χ0) is 33.3. The number of benzene rings is 3. The quantitative estimate of drug-likeness (QED) is 0.209. The molecule has 0 atom stereocenters. The number of methoxy groups -OCH3 is 1. The molecular weight excluding hydrogens is 606 g/mol. The highest BCUT2D eigenvalue weighted by atomic mass is 16.6. The van der Waals surface area contributed by atoms with Gasteiger partial charge < -0.3 is 34.2 Å². The van der Waals surface area contributed by atoms with E-state index in [2.05, 4.69) is 46.6 Å². The van der Waals surface area contributed by atoms with Gasteiger partial charge in [-0.3, -0.25) is 0 Å². The van der Waals surface area contributed by atoms with E-state index in [1.54, 1.807) is 16.9 Å². The van der Waals surface area contributed by atoms with Gasteiger partial charge in [0.05, 0.1) is 25.1 Å². The number of hydrogen-bond donors (Lipinski definition) is 1. The molecular formula is C38H43N5O5. The van der Waals surface area contributed by atoms with Crippen LogP contribution < -0.4 is 15.0 Å². The molecule has 0 bridgehead atoms. The molecule has 2 aliphatic heterocycles. The predicted octanol–water partition coefficient (Wildman–Crippen LogP) is 6.92. The van der Waals surface area contributed by atoms with E-state index in [0.717, 1.165) is 71.1 Å². The van der Waals surface area contributed by atoms with Crippen molar-refractivity contribution >= 4 is 23.6 Å². The van der Waals surface area contributed by atoms with Crippen molar-refractivity contribution in [2.45, 2.75) is 32.4 Å². The third kappa shape index (κ3) is 8.17. The number of pyridine rings is 1. The molecule has 2 saturated heterocycles. The van der Waals surface area contributed by atoms with Gasteiger partial charge in [0.25, 0.3) is 0 Å². The average molecular weight is 650 g/mol. The largest absolute Gasteiger partial charge is 0.497 e. The smallest absolute Gasteiger partial charge is 0.410 e. The standard InChI is InChI=1S/C38H43N5O5/c1-3-47-37(44)42-19-17-31(18-20-42)39-32-25-35(40-36(26-32)30-11-15-34(46-2)16-12-30)29-9-13-33(14-10-29)41-21-23-43(24-22-41)38(45)48-27-28-7-5-4-6-8-28/h4-16,25-26,31H,3,17-24,27H2,1-2H3,(H,39,40). The summed E-state index contributed by atoms with van der Waals surface area (Å²) < 4.78 is 16.1. The van der Waals surface area contributed by atoms with Crippen LogP contribution in [0.1, 0.15) is 25.3 Å². The average Bonchev–Trinajstić information content (AvgIpc) is 3.14. The van der Waals surface area contributed by atoms with Crippen LogP contribution in [0, 0.1) is 0 Å². The van der Waals surface area contributed by atoms with E-state index in [0.29, 0.717) is 32.8 Å². The van der Waals surface area contributed by atoms with Crippen molar-refractivity contribution < 1.29 is 23.8 Å². The van der Waals surface area contributed by atoms with Gasteiger partial charge in [-0.15, -0.1) is 0 Å². The third-order valence-corrected chi connectivity index (χ3v) is 8.87. The first kappa shape index (κ1) is 32.7. The third-order valence-electron chi connectivity index (χ3n) is 8.87. The predicted molar refractivity (Wildman–Crippen MR) is 187 cm³/mol. The summed E-state index contributed by atoms with van der Waals surface area (Å²) in [4.78, 5) is 35.7. The summed E-state index contributed by atoms with van der Waals surface area (Å²) in [6.07, 6.45) is 1.16. The maximum atomic E-state index is 12.6. The second-order valence-electron chi connectivity index (χ2n) is 12.0. The number of nitrogens with one attached hydrogen (secondary N) is 1. The van der Waals surface area contributed by atoms with Gasteiger partial charge in [-0.25, -0.2) is 14.6 Å². The van der Waals surface area contributed by atoms with Crippen LogP contribution in [-0.4, -0.2) is 86.0 Å². The summed E-state index contributed by atoms with van der Waals surface area (Å²) in [5, 5.41) is 3.72. The minimum absolute atomic E-state index is 0.228. The number of hydrogen-bond acceptors (Lipinski definition) is 8. The molecule has 3 heterocycles. The summed E-state index contributed by atoms with van der Waals surface area (Å²) in [5.74, 6) is 0.794. The fraction of sp³-hybridized carbons (Fsp3) is 0.342. The number of aromatic nitrogens is 1. The fourth-order valence-corrected chi connectivity index (χ4v) is 6.13. The minimum Gasteiger partial charge on any atom is -0.497 e. The number of carbonyl (C=O) groups is 2. The fourth-order valence-electron chi connectivity index (χ4n) is 6.13. The first-order valence-electron chi connectivity index (χ1n) is 16.6. The van der Waals surface area contributed by atoms with Crippen molar-refractivity contribution in [3.63, 3.8) is 0 Å². The van der Waals surface area contributed by atoms with Crippen LogP contribution in [0.25, 0.3) is 22.5 Å². The molecule has 2 fully saturated rings. The topological polar surface area (TPSA) is 96.5 Å². The molecule has 1 aromatic heterocycles. The first-order valence-corrected chi connectivity index (χ1v) is 16.6. The van der Waals surface area contributed by atoms with Gasteiger partial charge in [-0.2, -0.15) is 0 Å².